The third-order valence-corrected chi connectivity index (χ3v) is 9.51. The monoisotopic (exact) mass is 340 g/mol. The van der Waals surface area contributed by atoms with Gasteiger partial charge in [-0.25, -0.2) is 8.42 Å². The largest absolute Gasteiger partial charge is 0.342 e. The molecule has 1 amide bonds. The Morgan fingerprint density at radius 3 is 2.52 bits per heavy atom. The molecule has 2 aliphatic heterocycles. The minimum Gasteiger partial charge on any atom is -0.342 e. The van der Waals surface area contributed by atoms with Gasteiger partial charge in [0.15, 0.2) is 0 Å². The molecule has 0 unspecified atom stereocenters. The summed E-state index contributed by atoms with van der Waals surface area (Å²) in [5.41, 5.74) is -0.0493. The van der Waals surface area contributed by atoms with E-state index in [1.54, 1.807) is 4.31 Å². The summed E-state index contributed by atoms with van der Waals surface area (Å²) in [7, 11) is -3.31. The Bertz CT molecular complexity index is 624. The van der Waals surface area contributed by atoms with Crippen molar-refractivity contribution < 1.29 is 13.2 Å². The number of nitrogens with zero attached hydrogens (tertiary/aromatic N) is 2. The van der Waals surface area contributed by atoms with Crippen LogP contribution in [0.2, 0.25) is 0 Å². The van der Waals surface area contributed by atoms with E-state index in [0.29, 0.717) is 5.92 Å². The van der Waals surface area contributed by atoms with Crippen LogP contribution in [0.1, 0.15) is 52.4 Å². The molecule has 2 aliphatic carbocycles. The average Bonchev–Trinajstić information content (AvgIpc) is 2.97. The van der Waals surface area contributed by atoms with E-state index >= 15 is 0 Å². The van der Waals surface area contributed by atoms with Crippen molar-refractivity contribution in [1.29, 1.82) is 0 Å². The average molecular weight is 340 g/mol. The van der Waals surface area contributed by atoms with Crippen molar-refractivity contribution in [2.24, 2.45) is 16.7 Å². The second-order valence-electron chi connectivity index (χ2n) is 8.61. The molecule has 6 heteroatoms. The number of fused-ring (bicyclic) bond motifs is 1. The molecule has 4 rings (SSSR count). The molecule has 2 saturated carbocycles. The molecule has 2 bridgehead atoms. The van der Waals surface area contributed by atoms with Crippen molar-refractivity contribution >= 4 is 15.9 Å². The Morgan fingerprint density at radius 2 is 1.87 bits per heavy atom. The van der Waals surface area contributed by atoms with Crippen LogP contribution in [-0.2, 0) is 14.8 Å². The molecule has 3 atom stereocenters. The highest BCUT2D eigenvalue weighted by molar-refractivity contribution is 7.89. The minimum atomic E-state index is -3.31. The highest BCUT2D eigenvalue weighted by Crippen LogP contribution is 2.69. The van der Waals surface area contributed by atoms with Crippen molar-refractivity contribution in [2.45, 2.75) is 58.4 Å². The Balaban J connectivity index is 1.58. The van der Waals surface area contributed by atoms with Crippen LogP contribution in [0.5, 0.6) is 0 Å². The molecule has 0 radical (unpaired) electrons. The molecule has 0 aromatic rings. The number of hydrogen-bond donors (Lipinski definition) is 0. The van der Waals surface area contributed by atoms with Crippen LogP contribution >= 0.6 is 0 Å². The molecule has 0 N–H and O–H groups in total. The Hall–Kier alpha value is -0.620. The van der Waals surface area contributed by atoms with Crippen LogP contribution in [0.4, 0.5) is 0 Å². The molecule has 4 fully saturated rings. The minimum absolute atomic E-state index is 0.00547. The zero-order valence-electron chi connectivity index (χ0n) is 14.3. The summed E-state index contributed by atoms with van der Waals surface area (Å²) in [5.74, 6) is 0.864. The van der Waals surface area contributed by atoms with Gasteiger partial charge in [0.25, 0.3) is 0 Å². The van der Waals surface area contributed by atoms with Gasteiger partial charge in [-0.1, -0.05) is 13.8 Å². The lowest BCUT2D eigenvalue weighted by Crippen LogP contribution is -2.47. The van der Waals surface area contributed by atoms with E-state index in [9.17, 15) is 13.2 Å². The predicted octanol–water partition coefficient (Wildman–Crippen LogP) is 1.84. The van der Waals surface area contributed by atoms with E-state index in [1.807, 2.05) is 4.90 Å². The van der Waals surface area contributed by atoms with Gasteiger partial charge in [0.05, 0.1) is 12.3 Å². The lowest BCUT2D eigenvalue weighted by Gasteiger charge is -2.37. The molecular formula is C17H28N2O3S. The van der Waals surface area contributed by atoms with Gasteiger partial charge in [0, 0.05) is 24.5 Å². The maximum absolute atomic E-state index is 12.8. The van der Waals surface area contributed by atoms with Crippen LogP contribution in [0, 0.1) is 16.7 Å². The van der Waals surface area contributed by atoms with Gasteiger partial charge >= 0.3 is 0 Å². The zero-order chi connectivity index (χ0) is 16.5. The van der Waals surface area contributed by atoms with Crippen LogP contribution in [0.3, 0.4) is 0 Å². The topological polar surface area (TPSA) is 57.7 Å². The van der Waals surface area contributed by atoms with E-state index in [4.69, 9.17) is 0 Å². The number of amides is 1. The molecule has 0 aromatic heterocycles. The van der Waals surface area contributed by atoms with E-state index < -0.39 is 10.0 Å². The first-order chi connectivity index (χ1) is 10.8. The lowest BCUT2D eigenvalue weighted by molar-refractivity contribution is -0.132. The van der Waals surface area contributed by atoms with Crippen molar-refractivity contribution in [2.75, 3.05) is 25.4 Å². The summed E-state index contributed by atoms with van der Waals surface area (Å²) < 4.78 is 27.2. The second kappa shape index (κ2) is 4.94. The van der Waals surface area contributed by atoms with Gasteiger partial charge in [0.2, 0.25) is 15.9 Å². The van der Waals surface area contributed by atoms with Crippen LogP contribution < -0.4 is 0 Å². The fraction of sp³-hybridized carbons (Fsp3) is 0.941. The third kappa shape index (κ3) is 2.06. The summed E-state index contributed by atoms with van der Waals surface area (Å²) in [6, 6.07) is 0.0509. The van der Waals surface area contributed by atoms with E-state index in [0.717, 1.165) is 45.2 Å². The lowest BCUT2D eigenvalue weighted by atomic mass is 9.69. The van der Waals surface area contributed by atoms with Gasteiger partial charge in [-0.15, -0.1) is 0 Å². The van der Waals surface area contributed by atoms with E-state index in [2.05, 4.69) is 13.8 Å². The van der Waals surface area contributed by atoms with Gasteiger partial charge < -0.3 is 4.90 Å². The normalized spacial score (nSPS) is 41.2. The molecule has 5 nitrogen and oxygen atoms in total. The highest BCUT2D eigenvalue weighted by atomic mass is 32.2. The number of hydrogen-bond acceptors (Lipinski definition) is 3. The first-order valence-corrected chi connectivity index (χ1v) is 10.7. The first kappa shape index (κ1) is 15.9. The molecule has 2 saturated heterocycles. The van der Waals surface area contributed by atoms with Gasteiger partial charge in [0.1, 0.15) is 0 Å². The zero-order valence-corrected chi connectivity index (χ0v) is 15.1. The Morgan fingerprint density at radius 1 is 1.17 bits per heavy atom. The summed E-state index contributed by atoms with van der Waals surface area (Å²) in [4.78, 5) is 14.5. The van der Waals surface area contributed by atoms with Crippen LogP contribution in [0.25, 0.3) is 0 Å². The number of likely N-dealkylation sites (tertiary alicyclic amines) is 1. The third-order valence-electron chi connectivity index (χ3n) is 7.53. The van der Waals surface area contributed by atoms with Crippen molar-refractivity contribution in [3.8, 4) is 0 Å². The maximum atomic E-state index is 12.8. The summed E-state index contributed by atoms with van der Waals surface area (Å²) >= 11 is 0. The number of rotatable bonds is 2. The second-order valence-corrected chi connectivity index (χ2v) is 10.5. The molecule has 0 aromatic carbocycles. The number of piperidine rings is 1. The Labute approximate surface area is 139 Å². The molecular weight excluding hydrogens is 312 g/mol. The van der Waals surface area contributed by atoms with Gasteiger partial charge in [-0.05, 0) is 49.9 Å². The maximum Gasteiger partial charge on any atom is 0.237 e. The summed E-state index contributed by atoms with van der Waals surface area (Å²) in [6.07, 6.45) is 6.35. The molecule has 2 heterocycles. The highest BCUT2D eigenvalue weighted by Gasteiger charge is 2.71. The summed E-state index contributed by atoms with van der Waals surface area (Å²) in [5, 5.41) is 0. The number of sulfonamides is 1. The standard InChI is InChI=1S/C17H28N2O3S/c1-16(2)13-6-7-17(16)12-23(21,22)19(14(17)10-13)11-15(20)18-8-4-3-5-9-18/h13-14H,3-12H2,1-2H3/t13-,14-,17-/m1/s1. The summed E-state index contributed by atoms with van der Waals surface area (Å²) in [6.45, 7) is 6.14. The SMILES string of the molecule is CC1(C)[C@@H]2CC[C@]13CS(=O)(=O)N(CC(=O)N1CCCCC1)[C@@H]3C2. The predicted molar refractivity (Wildman–Crippen MR) is 88.3 cm³/mol. The van der Waals surface area contributed by atoms with E-state index in [-0.39, 0.29) is 35.1 Å². The smallest absolute Gasteiger partial charge is 0.237 e. The quantitative estimate of drug-likeness (QED) is 0.771. The molecule has 23 heavy (non-hydrogen) atoms. The molecule has 130 valence electrons. The van der Waals surface area contributed by atoms with Gasteiger partial charge in [-0.3, -0.25) is 4.79 Å². The van der Waals surface area contributed by atoms with Crippen LogP contribution in [-0.4, -0.2) is 55.0 Å². The number of carbonyl (C=O) groups is 1. The molecule has 4 aliphatic rings. The fourth-order valence-corrected chi connectivity index (χ4v) is 8.47. The first-order valence-electron chi connectivity index (χ1n) is 9.05. The fourth-order valence-electron chi connectivity index (χ4n) is 5.96. The number of carbonyl (C=O) groups excluding carboxylic acids is 1. The molecule has 1 spiro atoms. The van der Waals surface area contributed by atoms with Crippen LogP contribution in [0.15, 0.2) is 0 Å². The van der Waals surface area contributed by atoms with Crippen molar-refractivity contribution in [1.82, 2.24) is 9.21 Å². The van der Waals surface area contributed by atoms with Crippen molar-refractivity contribution in [3.63, 3.8) is 0 Å². The van der Waals surface area contributed by atoms with E-state index in [1.165, 1.54) is 6.42 Å². The Kier molecular flexibility index (Phi) is 3.41. The van der Waals surface area contributed by atoms with Crippen molar-refractivity contribution in [3.05, 3.63) is 0 Å². The van der Waals surface area contributed by atoms with Gasteiger partial charge in [-0.2, -0.15) is 4.31 Å².